The van der Waals surface area contributed by atoms with Crippen LogP contribution in [-0.2, 0) is 29.0 Å². The Morgan fingerprint density at radius 3 is 2.27 bits per heavy atom. The molecule has 1 amide bonds. The van der Waals surface area contributed by atoms with E-state index in [2.05, 4.69) is 5.32 Å². The van der Waals surface area contributed by atoms with E-state index in [-0.39, 0.29) is 5.91 Å². The van der Waals surface area contributed by atoms with Crippen molar-refractivity contribution in [1.82, 2.24) is 5.32 Å². The van der Waals surface area contributed by atoms with Crippen molar-refractivity contribution in [3.8, 4) is 0 Å². The van der Waals surface area contributed by atoms with Crippen molar-refractivity contribution >= 4 is 28.9 Å². The summed E-state index contributed by atoms with van der Waals surface area (Å²) in [6.07, 6.45) is 1.05. The first-order valence-electron chi connectivity index (χ1n) is 6.81. The molecule has 6 heteroatoms. The molecule has 116 valence electrons. The molecule has 0 aromatic heterocycles. The average molecular weight is 337 g/mol. The molecule has 1 unspecified atom stereocenters. The zero-order valence-corrected chi connectivity index (χ0v) is 13.5. The molecule has 0 heterocycles. The summed E-state index contributed by atoms with van der Waals surface area (Å²) in [6, 6.07) is 14.4. The van der Waals surface area contributed by atoms with Gasteiger partial charge in [-0.05, 0) is 41.8 Å². The fraction of sp³-hybridized carbons (Fsp3) is 0.188. The average Bonchev–Trinajstić information content (AvgIpc) is 2.50. The monoisotopic (exact) mass is 336 g/mol. The minimum absolute atomic E-state index is 0.0259. The molecule has 0 aliphatic carbocycles. The molecule has 0 saturated heterocycles. The lowest BCUT2D eigenvalue weighted by atomic mass is 10.1. The van der Waals surface area contributed by atoms with E-state index in [1.165, 1.54) is 0 Å². The summed E-state index contributed by atoms with van der Waals surface area (Å²) < 4.78 is 11.1. The Morgan fingerprint density at radius 2 is 1.68 bits per heavy atom. The van der Waals surface area contributed by atoms with Crippen LogP contribution >= 0.6 is 11.6 Å². The van der Waals surface area contributed by atoms with E-state index in [9.17, 15) is 9.35 Å². The highest BCUT2D eigenvalue weighted by atomic mass is 35.5. The number of hydrogen-bond acceptors (Lipinski definition) is 3. The first kappa shape index (κ1) is 16.8. The number of nitrogens with two attached hydrogens (primary N) is 1. The number of amides is 1. The molecular formula is C16H17ClN2O2S. The zero-order chi connectivity index (χ0) is 15.9. The van der Waals surface area contributed by atoms with Crippen LogP contribution in [0.2, 0.25) is 5.02 Å². The summed E-state index contributed by atoms with van der Waals surface area (Å²) >= 11 is 4.35. The smallest absolute Gasteiger partial charge is 0.224 e. The molecule has 0 radical (unpaired) electrons. The summed E-state index contributed by atoms with van der Waals surface area (Å²) in [7, 11) is 0. The Hall–Kier alpha value is -1.53. The summed E-state index contributed by atoms with van der Waals surface area (Å²) in [5.41, 5.74) is 1.98. The van der Waals surface area contributed by atoms with Crippen LogP contribution in [0, 0.1) is 0 Å². The molecule has 0 fully saturated rings. The van der Waals surface area contributed by atoms with Crippen LogP contribution in [0.4, 0.5) is 0 Å². The number of hydrogen-bond donors (Lipinski definition) is 2. The van der Waals surface area contributed by atoms with Crippen molar-refractivity contribution in [3.63, 3.8) is 0 Å². The maximum absolute atomic E-state index is 11.8. The molecule has 0 spiro atoms. The van der Waals surface area contributed by atoms with Gasteiger partial charge in [0.1, 0.15) is 0 Å². The highest BCUT2D eigenvalue weighted by molar-refractivity contribution is 7.89. The highest BCUT2D eigenvalue weighted by Crippen LogP contribution is 2.10. The van der Waals surface area contributed by atoms with Gasteiger partial charge in [0.05, 0.1) is 17.8 Å². The van der Waals surface area contributed by atoms with Gasteiger partial charge in [0, 0.05) is 11.6 Å². The minimum atomic E-state index is -1.45. The van der Waals surface area contributed by atoms with Gasteiger partial charge in [-0.15, -0.1) is 5.14 Å². The highest BCUT2D eigenvalue weighted by Gasteiger charge is 2.06. The Bertz CT molecular complexity index is 615. The number of benzene rings is 2. The van der Waals surface area contributed by atoms with Gasteiger partial charge in [-0.1, -0.05) is 35.9 Å². The molecule has 1 atom stereocenters. The van der Waals surface area contributed by atoms with Crippen LogP contribution in [0.25, 0.3) is 0 Å². The van der Waals surface area contributed by atoms with Gasteiger partial charge in [0.15, 0.2) is 4.90 Å². The second-order valence-corrected chi connectivity index (χ2v) is 6.35. The minimum Gasteiger partial charge on any atom is -0.593 e. The Kier molecular flexibility index (Phi) is 6.27. The Labute approximate surface area is 138 Å². The number of nitrogens with one attached hydrogen (secondary N) is 1. The third kappa shape index (κ3) is 5.35. The molecule has 0 bridgehead atoms. The second kappa shape index (κ2) is 8.19. The first-order valence-corrected chi connectivity index (χ1v) is 8.40. The van der Waals surface area contributed by atoms with Gasteiger partial charge < -0.3 is 9.87 Å². The molecule has 0 aliphatic heterocycles. The van der Waals surface area contributed by atoms with Crippen LogP contribution in [-0.4, -0.2) is 17.0 Å². The van der Waals surface area contributed by atoms with Crippen molar-refractivity contribution in [1.29, 1.82) is 0 Å². The van der Waals surface area contributed by atoms with E-state index in [4.69, 9.17) is 16.7 Å². The van der Waals surface area contributed by atoms with Gasteiger partial charge in [0.25, 0.3) is 0 Å². The summed E-state index contributed by atoms with van der Waals surface area (Å²) in [5, 5.41) is 8.83. The molecule has 2 aromatic carbocycles. The van der Waals surface area contributed by atoms with Crippen LogP contribution in [0.15, 0.2) is 53.4 Å². The molecule has 4 nitrogen and oxygen atoms in total. The molecule has 0 aliphatic rings. The third-order valence-corrected chi connectivity index (χ3v) is 4.16. The summed E-state index contributed by atoms with van der Waals surface area (Å²) in [6.45, 7) is 0.553. The van der Waals surface area contributed by atoms with Gasteiger partial charge in [-0.3, -0.25) is 4.79 Å². The maximum atomic E-state index is 11.8. The lowest BCUT2D eigenvalue weighted by molar-refractivity contribution is -0.120. The van der Waals surface area contributed by atoms with E-state index in [1.807, 2.05) is 24.3 Å². The Balaban J connectivity index is 1.75. The number of rotatable bonds is 6. The van der Waals surface area contributed by atoms with Gasteiger partial charge >= 0.3 is 0 Å². The predicted octanol–water partition coefficient (Wildman–Crippen LogP) is 2.22. The summed E-state index contributed by atoms with van der Waals surface area (Å²) in [5.74, 6) is -0.0259. The van der Waals surface area contributed by atoms with E-state index < -0.39 is 11.4 Å². The van der Waals surface area contributed by atoms with Gasteiger partial charge in [0.2, 0.25) is 5.91 Å². The van der Waals surface area contributed by atoms with E-state index >= 15 is 0 Å². The SMILES string of the molecule is N[S+]([O-])c1ccc(CCNC(=O)Cc2ccc(Cl)cc2)cc1. The van der Waals surface area contributed by atoms with Crippen LogP contribution in [0.1, 0.15) is 11.1 Å². The first-order chi connectivity index (χ1) is 10.5. The predicted molar refractivity (Wildman–Crippen MR) is 88.9 cm³/mol. The third-order valence-electron chi connectivity index (χ3n) is 3.17. The fourth-order valence-corrected chi connectivity index (χ4v) is 2.52. The molecule has 3 N–H and O–H groups in total. The number of carbonyl (C=O) groups is 1. The number of carbonyl (C=O) groups excluding carboxylic acids is 1. The topological polar surface area (TPSA) is 78.2 Å². The molecule has 22 heavy (non-hydrogen) atoms. The van der Waals surface area contributed by atoms with E-state index in [1.54, 1.807) is 24.3 Å². The lowest BCUT2D eigenvalue weighted by Crippen LogP contribution is -2.27. The van der Waals surface area contributed by atoms with E-state index in [0.717, 1.165) is 11.1 Å². The van der Waals surface area contributed by atoms with Crippen molar-refractivity contribution in [3.05, 3.63) is 64.7 Å². The van der Waals surface area contributed by atoms with Gasteiger partial charge in [-0.25, -0.2) is 0 Å². The van der Waals surface area contributed by atoms with Crippen molar-refractivity contribution in [2.24, 2.45) is 5.14 Å². The lowest BCUT2D eigenvalue weighted by Gasteiger charge is -2.07. The van der Waals surface area contributed by atoms with Crippen molar-refractivity contribution < 1.29 is 9.35 Å². The van der Waals surface area contributed by atoms with Crippen LogP contribution in [0.3, 0.4) is 0 Å². The van der Waals surface area contributed by atoms with Crippen molar-refractivity contribution in [2.45, 2.75) is 17.7 Å². The fourth-order valence-electron chi connectivity index (χ4n) is 1.99. The number of halogens is 1. The molecular weight excluding hydrogens is 320 g/mol. The Morgan fingerprint density at radius 1 is 1.09 bits per heavy atom. The molecule has 2 rings (SSSR count). The van der Waals surface area contributed by atoms with Gasteiger partial charge in [-0.2, -0.15) is 0 Å². The molecule has 2 aromatic rings. The maximum Gasteiger partial charge on any atom is 0.224 e. The largest absolute Gasteiger partial charge is 0.593 e. The van der Waals surface area contributed by atoms with Crippen LogP contribution in [0.5, 0.6) is 0 Å². The normalized spacial score (nSPS) is 12.0. The standard InChI is InChI=1S/C16H17ClN2O2S/c17-14-5-1-13(2-6-14)11-16(20)19-10-9-12-3-7-15(8-4-12)22(18)21/h1-8H,9-11,18H2,(H,19,20). The molecule has 0 saturated carbocycles. The van der Waals surface area contributed by atoms with Crippen molar-refractivity contribution in [2.75, 3.05) is 6.54 Å². The summed E-state index contributed by atoms with van der Waals surface area (Å²) in [4.78, 5) is 12.4. The second-order valence-electron chi connectivity index (χ2n) is 4.84. The van der Waals surface area contributed by atoms with Crippen LogP contribution < -0.4 is 10.5 Å². The quantitative estimate of drug-likeness (QED) is 0.794. The zero-order valence-electron chi connectivity index (χ0n) is 11.9. The van der Waals surface area contributed by atoms with E-state index in [0.29, 0.717) is 29.3 Å².